The third-order valence-electron chi connectivity index (χ3n) is 4.46. The molecule has 2 rings (SSSR count). The molecule has 18 heavy (non-hydrogen) atoms. The van der Waals surface area contributed by atoms with Crippen molar-refractivity contribution in [2.24, 2.45) is 10.8 Å². The molecule has 1 unspecified atom stereocenters. The summed E-state index contributed by atoms with van der Waals surface area (Å²) in [7, 11) is 0. The fourth-order valence-electron chi connectivity index (χ4n) is 3.12. The van der Waals surface area contributed by atoms with E-state index in [1.165, 1.54) is 5.56 Å². The SMILES string of the molecule is CCC1(Cc2ccc(Cl)cc2)CCC(C)(C)C1=O. The van der Waals surface area contributed by atoms with E-state index >= 15 is 0 Å². The van der Waals surface area contributed by atoms with Crippen molar-refractivity contribution in [3.8, 4) is 0 Å². The molecule has 0 bridgehead atoms. The summed E-state index contributed by atoms with van der Waals surface area (Å²) in [5, 5.41) is 0.752. The average molecular weight is 265 g/mol. The largest absolute Gasteiger partial charge is 0.298 e. The molecule has 0 radical (unpaired) electrons. The van der Waals surface area contributed by atoms with Gasteiger partial charge in [-0.25, -0.2) is 0 Å². The Bertz CT molecular complexity index is 447. The van der Waals surface area contributed by atoms with E-state index in [-0.39, 0.29) is 10.8 Å². The van der Waals surface area contributed by atoms with Gasteiger partial charge in [-0.2, -0.15) is 0 Å². The predicted molar refractivity (Wildman–Crippen MR) is 75.9 cm³/mol. The lowest BCUT2D eigenvalue weighted by molar-refractivity contribution is -0.132. The van der Waals surface area contributed by atoms with E-state index in [4.69, 9.17) is 11.6 Å². The van der Waals surface area contributed by atoms with Gasteiger partial charge < -0.3 is 0 Å². The second-order valence-electron chi connectivity index (χ2n) is 6.15. The molecule has 0 amide bonds. The minimum Gasteiger partial charge on any atom is -0.298 e. The van der Waals surface area contributed by atoms with Crippen LogP contribution in [0.1, 0.15) is 45.6 Å². The van der Waals surface area contributed by atoms with E-state index in [0.29, 0.717) is 5.78 Å². The number of Topliss-reactive ketones (excluding diaryl/α,β-unsaturated/α-hetero) is 1. The number of benzene rings is 1. The van der Waals surface area contributed by atoms with Crippen LogP contribution in [0.15, 0.2) is 24.3 Å². The third-order valence-corrected chi connectivity index (χ3v) is 4.71. The van der Waals surface area contributed by atoms with Gasteiger partial charge in [0.25, 0.3) is 0 Å². The topological polar surface area (TPSA) is 17.1 Å². The van der Waals surface area contributed by atoms with E-state index in [9.17, 15) is 4.79 Å². The van der Waals surface area contributed by atoms with Crippen molar-refractivity contribution < 1.29 is 4.79 Å². The first-order valence-electron chi connectivity index (χ1n) is 6.69. The first-order valence-corrected chi connectivity index (χ1v) is 7.07. The summed E-state index contributed by atoms with van der Waals surface area (Å²) in [4.78, 5) is 12.6. The van der Waals surface area contributed by atoms with Gasteiger partial charge >= 0.3 is 0 Å². The van der Waals surface area contributed by atoms with Crippen LogP contribution in [0.3, 0.4) is 0 Å². The number of rotatable bonds is 3. The van der Waals surface area contributed by atoms with Crippen molar-refractivity contribution in [3.63, 3.8) is 0 Å². The highest BCUT2D eigenvalue weighted by Gasteiger charge is 2.50. The van der Waals surface area contributed by atoms with Gasteiger partial charge in [-0.05, 0) is 43.4 Å². The second-order valence-corrected chi connectivity index (χ2v) is 6.59. The molecule has 0 aliphatic heterocycles. The van der Waals surface area contributed by atoms with E-state index in [1.54, 1.807) is 0 Å². The van der Waals surface area contributed by atoms with E-state index in [2.05, 4.69) is 20.8 Å². The van der Waals surface area contributed by atoms with Crippen LogP contribution in [0.2, 0.25) is 5.02 Å². The molecular weight excluding hydrogens is 244 g/mol. The summed E-state index contributed by atoms with van der Waals surface area (Å²) in [6.07, 6.45) is 3.80. The molecule has 1 aromatic carbocycles. The Morgan fingerprint density at radius 1 is 1.17 bits per heavy atom. The molecule has 0 heterocycles. The smallest absolute Gasteiger partial charge is 0.144 e. The predicted octanol–water partition coefficient (Wildman–Crippen LogP) is 4.67. The Morgan fingerprint density at radius 2 is 1.78 bits per heavy atom. The Labute approximate surface area is 115 Å². The third kappa shape index (κ3) is 2.33. The Balaban J connectivity index is 2.25. The minimum absolute atomic E-state index is 0.150. The lowest BCUT2D eigenvalue weighted by atomic mass is 9.74. The summed E-state index contributed by atoms with van der Waals surface area (Å²) in [5.74, 6) is 0.437. The number of halogens is 1. The summed E-state index contributed by atoms with van der Waals surface area (Å²) in [5.41, 5.74) is 0.909. The van der Waals surface area contributed by atoms with Gasteiger partial charge in [0.15, 0.2) is 0 Å². The van der Waals surface area contributed by atoms with Gasteiger partial charge in [-0.1, -0.05) is 44.5 Å². The summed E-state index contributed by atoms with van der Waals surface area (Å²) < 4.78 is 0. The maximum Gasteiger partial charge on any atom is 0.144 e. The number of hydrogen-bond donors (Lipinski definition) is 0. The molecule has 1 saturated carbocycles. The molecule has 0 N–H and O–H groups in total. The van der Waals surface area contributed by atoms with Crippen LogP contribution >= 0.6 is 11.6 Å². The van der Waals surface area contributed by atoms with E-state index in [1.807, 2.05) is 24.3 Å². The Kier molecular flexibility index (Phi) is 3.55. The highest BCUT2D eigenvalue weighted by atomic mass is 35.5. The Morgan fingerprint density at radius 3 is 2.22 bits per heavy atom. The maximum absolute atomic E-state index is 12.6. The highest BCUT2D eigenvalue weighted by Crippen LogP contribution is 2.49. The summed E-state index contributed by atoms with van der Waals surface area (Å²) in [6, 6.07) is 7.90. The molecule has 0 saturated heterocycles. The molecular formula is C16H21ClO. The zero-order valence-corrected chi connectivity index (χ0v) is 12.2. The van der Waals surface area contributed by atoms with Crippen molar-refractivity contribution in [2.45, 2.75) is 46.5 Å². The molecule has 1 nitrogen and oxygen atoms in total. The van der Waals surface area contributed by atoms with Gasteiger partial charge in [0.2, 0.25) is 0 Å². The number of ketones is 1. The maximum atomic E-state index is 12.6. The zero-order valence-electron chi connectivity index (χ0n) is 11.4. The molecule has 1 aromatic rings. The number of hydrogen-bond acceptors (Lipinski definition) is 1. The molecule has 1 fully saturated rings. The standard InChI is InChI=1S/C16H21ClO/c1-4-16(10-9-15(2,3)14(16)18)11-12-5-7-13(17)8-6-12/h5-8H,4,9-11H2,1-3H3. The Hall–Kier alpha value is -0.820. The van der Waals surface area contributed by atoms with Crippen molar-refractivity contribution in [2.75, 3.05) is 0 Å². The fourth-order valence-corrected chi connectivity index (χ4v) is 3.25. The average Bonchev–Trinajstić information content (AvgIpc) is 2.57. The molecule has 1 atom stereocenters. The summed E-state index contributed by atoms with van der Waals surface area (Å²) in [6.45, 7) is 6.29. The lowest BCUT2D eigenvalue weighted by Crippen LogP contribution is -2.33. The molecule has 1 aliphatic rings. The first-order chi connectivity index (χ1) is 8.39. The van der Waals surface area contributed by atoms with Crippen molar-refractivity contribution in [1.82, 2.24) is 0 Å². The normalized spacial score (nSPS) is 26.6. The van der Waals surface area contributed by atoms with Gasteiger partial charge in [0.05, 0.1) is 0 Å². The quantitative estimate of drug-likeness (QED) is 0.775. The number of carbonyl (C=O) groups is 1. The van der Waals surface area contributed by atoms with Crippen LogP contribution < -0.4 is 0 Å². The van der Waals surface area contributed by atoms with Crippen LogP contribution in [0, 0.1) is 10.8 Å². The molecule has 98 valence electrons. The van der Waals surface area contributed by atoms with Crippen molar-refractivity contribution >= 4 is 17.4 Å². The molecule has 2 heteroatoms. The van der Waals surface area contributed by atoms with Crippen LogP contribution in [0.5, 0.6) is 0 Å². The van der Waals surface area contributed by atoms with E-state index < -0.39 is 0 Å². The van der Waals surface area contributed by atoms with Crippen molar-refractivity contribution in [1.29, 1.82) is 0 Å². The molecule has 1 aliphatic carbocycles. The molecule has 0 spiro atoms. The van der Waals surface area contributed by atoms with Gasteiger partial charge in [-0.15, -0.1) is 0 Å². The lowest BCUT2D eigenvalue weighted by Gasteiger charge is -2.28. The van der Waals surface area contributed by atoms with E-state index in [0.717, 1.165) is 30.7 Å². The van der Waals surface area contributed by atoms with Crippen molar-refractivity contribution in [3.05, 3.63) is 34.9 Å². The second kappa shape index (κ2) is 4.70. The van der Waals surface area contributed by atoms with Gasteiger partial charge in [0.1, 0.15) is 5.78 Å². The number of carbonyl (C=O) groups excluding carboxylic acids is 1. The van der Waals surface area contributed by atoms with Gasteiger partial charge in [-0.3, -0.25) is 4.79 Å². The van der Waals surface area contributed by atoms with Gasteiger partial charge in [0, 0.05) is 15.9 Å². The fraction of sp³-hybridized carbons (Fsp3) is 0.562. The monoisotopic (exact) mass is 264 g/mol. The first kappa shape index (κ1) is 13.6. The van der Waals surface area contributed by atoms with Crippen LogP contribution in [-0.4, -0.2) is 5.78 Å². The highest BCUT2D eigenvalue weighted by molar-refractivity contribution is 6.30. The summed E-state index contributed by atoms with van der Waals surface area (Å²) >= 11 is 5.90. The minimum atomic E-state index is -0.155. The van der Waals surface area contributed by atoms with Crippen LogP contribution in [0.25, 0.3) is 0 Å². The zero-order chi connectivity index (χ0) is 13.4. The van der Waals surface area contributed by atoms with Crippen LogP contribution in [0.4, 0.5) is 0 Å². The van der Waals surface area contributed by atoms with Crippen LogP contribution in [-0.2, 0) is 11.2 Å². The molecule has 0 aromatic heterocycles.